The van der Waals surface area contributed by atoms with Crippen LogP contribution in [0.25, 0.3) is 0 Å². The van der Waals surface area contributed by atoms with Gasteiger partial charge in [-0.25, -0.2) is 0 Å². The van der Waals surface area contributed by atoms with Gasteiger partial charge in [-0.15, -0.1) is 0 Å². The molecule has 0 aromatic rings. The fourth-order valence-electron chi connectivity index (χ4n) is 6.88. The summed E-state index contributed by atoms with van der Waals surface area (Å²) in [7, 11) is 0. The van der Waals surface area contributed by atoms with E-state index in [0.29, 0.717) is 6.42 Å². The van der Waals surface area contributed by atoms with E-state index in [1.54, 1.807) is 0 Å². The number of hydrogen-bond acceptors (Lipinski definition) is 3. The van der Waals surface area contributed by atoms with Crippen LogP contribution in [0.15, 0.2) is 106 Å². The molecular weight excluding hydrogens is 528 g/mol. The van der Waals surface area contributed by atoms with Gasteiger partial charge in [0.2, 0.25) is 0 Å². The highest BCUT2D eigenvalue weighted by molar-refractivity contribution is 5.45. The second-order valence-electron chi connectivity index (χ2n) is 14.4. The predicted molar refractivity (Wildman–Crippen MR) is 182 cm³/mol. The maximum atomic E-state index is 10.2. The van der Waals surface area contributed by atoms with Gasteiger partial charge in [0.15, 0.2) is 0 Å². The molecule has 0 spiro atoms. The highest BCUT2D eigenvalue weighted by atomic mass is 16.6. The zero-order valence-electron chi connectivity index (χ0n) is 28.2. The van der Waals surface area contributed by atoms with Gasteiger partial charge in [-0.05, 0) is 72.5 Å². The molecule has 1 heterocycles. The van der Waals surface area contributed by atoms with E-state index in [9.17, 15) is 10.2 Å². The first-order valence-electron chi connectivity index (χ1n) is 15.7. The highest BCUT2D eigenvalue weighted by Gasteiger charge is 2.74. The summed E-state index contributed by atoms with van der Waals surface area (Å²) in [6.07, 6.45) is 27.5. The van der Waals surface area contributed by atoms with Gasteiger partial charge in [0.25, 0.3) is 0 Å². The quantitative estimate of drug-likeness (QED) is 0.170. The molecule has 4 atom stereocenters. The van der Waals surface area contributed by atoms with Crippen LogP contribution >= 0.6 is 0 Å². The number of ether oxygens (including phenoxy) is 1. The van der Waals surface area contributed by atoms with Gasteiger partial charge < -0.3 is 14.9 Å². The van der Waals surface area contributed by atoms with E-state index in [2.05, 4.69) is 135 Å². The molecule has 2 fully saturated rings. The van der Waals surface area contributed by atoms with E-state index < -0.39 is 0 Å². The van der Waals surface area contributed by atoms with E-state index >= 15 is 0 Å². The Balaban J connectivity index is 1.51. The van der Waals surface area contributed by atoms with Crippen LogP contribution in [0.4, 0.5) is 0 Å². The molecule has 0 aromatic heterocycles. The SMILES string of the molecule is CC1=C(C#C/C(C)=C/C=C/C(C)=C/C=C/C=C(C)/C=C/C=C(C)/C=C/[C@]23O[C@@]2(C)C[C@@H](O)CC3(C)C)C(C)(C)C[C@@H](O)C1. The summed E-state index contributed by atoms with van der Waals surface area (Å²) in [6.45, 7) is 21.2. The average Bonchev–Trinajstić information content (AvgIpc) is 3.49. The zero-order valence-corrected chi connectivity index (χ0v) is 28.2. The zero-order chi connectivity index (χ0) is 32.1. The lowest BCUT2D eigenvalue weighted by atomic mass is 9.63. The van der Waals surface area contributed by atoms with Crippen LogP contribution in [0.1, 0.15) is 94.9 Å². The van der Waals surface area contributed by atoms with Gasteiger partial charge in [0.05, 0.1) is 12.2 Å². The fourth-order valence-corrected chi connectivity index (χ4v) is 6.88. The van der Waals surface area contributed by atoms with Crippen LogP contribution in [-0.4, -0.2) is 33.6 Å². The van der Waals surface area contributed by atoms with E-state index in [1.165, 1.54) is 22.3 Å². The van der Waals surface area contributed by atoms with Crippen molar-refractivity contribution in [1.82, 2.24) is 0 Å². The van der Waals surface area contributed by atoms with Gasteiger partial charge in [-0.1, -0.05) is 129 Å². The summed E-state index contributed by atoms with van der Waals surface area (Å²) in [5.41, 5.74) is 6.13. The first-order valence-corrected chi connectivity index (χ1v) is 15.7. The number of allylic oxidation sites excluding steroid dienone is 16. The number of aliphatic hydroxyl groups is 2. The van der Waals surface area contributed by atoms with E-state index in [-0.39, 0.29) is 34.2 Å². The molecule has 3 rings (SSSR count). The Morgan fingerprint density at radius 2 is 1.30 bits per heavy atom. The highest BCUT2D eigenvalue weighted by Crippen LogP contribution is 2.66. The van der Waals surface area contributed by atoms with Gasteiger partial charge in [-0.2, -0.15) is 0 Å². The maximum Gasteiger partial charge on any atom is 0.121 e. The summed E-state index contributed by atoms with van der Waals surface area (Å²) in [4.78, 5) is 0. The molecule has 2 aliphatic carbocycles. The Kier molecular flexibility index (Phi) is 11.1. The van der Waals surface area contributed by atoms with Crippen molar-refractivity contribution >= 4 is 0 Å². The monoisotopic (exact) mass is 582 g/mol. The minimum Gasteiger partial charge on any atom is -0.393 e. The molecule has 43 heavy (non-hydrogen) atoms. The van der Waals surface area contributed by atoms with E-state index in [0.717, 1.165) is 30.4 Å². The third kappa shape index (κ3) is 8.82. The minimum atomic E-state index is -0.294. The van der Waals surface area contributed by atoms with Crippen molar-refractivity contribution in [1.29, 1.82) is 0 Å². The number of fused-ring (bicyclic) bond motifs is 1. The number of epoxide rings is 1. The average molecular weight is 583 g/mol. The molecule has 1 saturated heterocycles. The lowest BCUT2D eigenvalue weighted by Gasteiger charge is -2.39. The van der Waals surface area contributed by atoms with E-state index in [1.807, 2.05) is 19.1 Å². The Labute approximate surface area is 261 Å². The number of aliphatic hydroxyl groups excluding tert-OH is 2. The summed E-state index contributed by atoms with van der Waals surface area (Å²) >= 11 is 0. The molecule has 2 N–H and O–H groups in total. The van der Waals surface area contributed by atoms with Crippen LogP contribution in [0.5, 0.6) is 0 Å². The molecule has 3 nitrogen and oxygen atoms in total. The number of hydrogen-bond donors (Lipinski definition) is 2. The summed E-state index contributed by atoms with van der Waals surface area (Å²) in [6, 6.07) is 0. The lowest BCUT2D eigenvalue weighted by molar-refractivity contribution is 0.0515. The molecule has 1 aliphatic heterocycles. The third-order valence-electron chi connectivity index (χ3n) is 9.12. The van der Waals surface area contributed by atoms with Crippen molar-refractivity contribution in [2.24, 2.45) is 10.8 Å². The predicted octanol–water partition coefficient (Wildman–Crippen LogP) is 9.21. The van der Waals surface area contributed by atoms with Gasteiger partial charge >= 0.3 is 0 Å². The van der Waals surface area contributed by atoms with Gasteiger partial charge in [0, 0.05) is 22.8 Å². The minimum absolute atomic E-state index is 0.0842. The molecule has 0 bridgehead atoms. The molecular formula is C40H54O3. The molecule has 1 saturated carbocycles. The molecule has 0 aromatic carbocycles. The molecule has 0 amide bonds. The first-order chi connectivity index (χ1) is 20.0. The molecule has 3 aliphatic rings. The summed E-state index contributed by atoms with van der Waals surface area (Å²) in [5, 5.41) is 20.3. The van der Waals surface area contributed by atoms with Crippen molar-refractivity contribution < 1.29 is 14.9 Å². The molecule has 3 heteroatoms. The van der Waals surface area contributed by atoms with Gasteiger partial charge in [-0.3, -0.25) is 0 Å². The van der Waals surface area contributed by atoms with Crippen molar-refractivity contribution in [3.05, 3.63) is 106 Å². The Hall–Kier alpha value is -2.90. The van der Waals surface area contributed by atoms with Crippen molar-refractivity contribution in [2.75, 3.05) is 0 Å². The Morgan fingerprint density at radius 3 is 1.88 bits per heavy atom. The second-order valence-corrected chi connectivity index (χ2v) is 14.4. The maximum absolute atomic E-state index is 10.2. The molecule has 232 valence electrons. The first kappa shape index (κ1) is 34.6. The van der Waals surface area contributed by atoms with Crippen LogP contribution < -0.4 is 0 Å². The normalized spacial score (nSPS) is 31.7. The van der Waals surface area contributed by atoms with Crippen LogP contribution in [-0.2, 0) is 4.74 Å². The largest absolute Gasteiger partial charge is 0.393 e. The molecule has 0 unspecified atom stereocenters. The van der Waals surface area contributed by atoms with Crippen molar-refractivity contribution in [3.8, 4) is 11.8 Å². The van der Waals surface area contributed by atoms with E-state index in [4.69, 9.17) is 4.74 Å². The Morgan fingerprint density at radius 1 is 0.744 bits per heavy atom. The van der Waals surface area contributed by atoms with Gasteiger partial charge in [0.1, 0.15) is 11.2 Å². The summed E-state index contributed by atoms with van der Waals surface area (Å²) in [5.74, 6) is 6.68. The molecule has 0 radical (unpaired) electrons. The smallest absolute Gasteiger partial charge is 0.121 e. The van der Waals surface area contributed by atoms with Crippen LogP contribution in [0.3, 0.4) is 0 Å². The van der Waals surface area contributed by atoms with Crippen molar-refractivity contribution in [2.45, 2.75) is 118 Å². The number of rotatable bonds is 8. The summed E-state index contributed by atoms with van der Waals surface area (Å²) < 4.78 is 6.24. The van der Waals surface area contributed by atoms with Crippen LogP contribution in [0.2, 0.25) is 0 Å². The van der Waals surface area contributed by atoms with Crippen molar-refractivity contribution in [3.63, 3.8) is 0 Å². The Bertz CT molecular complexity index is 1390. The van der Waals surface area contributed by atoms with Crippen LogP contribution in [0, 0.1) is 22.7 Å². The standard InChI is InChI=1S/C40H54O3/c1-29(17-13-19-31(3)21-22-36-33(5)25-34(41)26-37(36,6)7)15-11-12-16-30(2)18-14-20-32(4)23-24-40-38(8,9)27-35(42)28-39(40,10)43-40/h11-20,23-24,34-35,41-42H,25-28H2,1-10H3/b12-11+,17-13+,18-14+,24-23+,29-15+,30-16+,31-19+,32-20+/t34-,35-,39-,40+/m0/s1. The fraction of sp³-hybridized carbons (Fsp3) is 0.500. The lowest BCUT2D eigenvalue weighted by Crippen LogP contribution is -2.46. The second kappa shape index (κ2) is 13.8. The topological polar surface area (TPSA) is 53.0 Å². The third-order valence-corrected chi connectivity index (χ3v) is 9.12.